The van der Waals surface area contributed by atoms with Gasteiger partial charge in [-0.2, -0.15) is 0 Å². The molecule has 1 saturated heterocycles. The molecule has 0 atom stereocenters. The molecule has 28 heavy (non-hydrogen) atoms. The van der Waals surface area contributed by atoms with Crippen LogP contribution in [-0.2, 0) is 11.3 Å². The molecule has 0 saturated carbocycles. The van der Waals surface area contributed by atoms with Crippen molar-refractivity contribution in [2.45, 2.75) is 6.54 Å². The summed E-state index contributed by atoms with van der Waals surface area (Å²) in [6, 6.07) is 17.2. The molecule has 3 aromatic carbocycles. The minimum Gasteiger partial charge on any atom is -0.496 e. The van der Waals surface area contributed by atoms with Gasteiger partial charge in [0.15, 0.2) is 0 Å². The summed E-state index contributed by atoms with van der Waals surface area (Å²) in [5, 5.41) is 1.54. The van der Waals surface area contributed by atoms with Crippen LogP contribution >= 0.6 is 11.8 Å². The second-order valence-corrected chi connectivity index (χ2v) is 7.29. The summed E-state index contributed by atoms with van der Waals surface area (Å²) in [5.74, 6) is 0.0422. The number of halogens is 1. The van der Waals surface area contributed by atoms with Crippen LogP contribution in [0.5, 0.6) is 5.75 Å². The average molecular weight is 393 g/mol. The Morgan fingerprint density at radius 2 is 1.71 bits per heavy atom. The van der Waals surface area contributed by atoms with E-state index in [1.165, 1.54) is 17.0 Å². The van der Waals surface area contributed by atoms with Crippen LogP contribution in [0.2, 0.25) is 0 Å². The van der Waals surface area contributed by atoms with Gasteiger partial charge in [-0.1, -0.05) is 42.5 Å². The van der Waals surface area contributed by atoms with E-state index in [4.69, 9.17) is 4.74 Å². The molecule has 0 aliphatic carbocycles. The van der Waals surface area contributed by atoms with Gasteiger partial charge >= 0.3 is 0 Å². The molecular formula is C22H16FNO3S. The van der Waals surface area contributed by atoms with Gasteiger partial charge in [-0.25, -0.2) is 4.39 Å². The molecule has 3 aromatic rings. The Bertz CT molecular complexity index is 1110. The Morgan fingerprint density at radius 1 is 1.00 bits per heavy atom. The fourth-order valence-electron chi connectivity index (χ4n) is 3.15. The summed E-state index contributed by atoms with van der Waals surface area (Å²) in [5.41, 5.74) is 1.53. The third-order valence-corrected chi connectivity index (χ3v) is 5.46. The van der Waals surface area contributed by atoms with Gasteiger partial charge < -0.3 is 4.74 Å². The molecule has 0 N–H and O–H groups in total. The maximum absolute atomic E-state index is 13.1. The van der Waals surface area contributed by atoms with E-state index in [9.17, 15) is 14.0 Å². The molecule has 1 heterocycles. The molecular weight excluding hydrogens is 377 g/mol. The third kappa shape index (κ3) is 3.39. The number of methoxy groups -OCH3 is 1. The number of fused-ring (bicyclic) bond motifs is 1. The number of hydrogen-bond acceptors (Lipinski definition) is 4. The Morgan fingerprint density at radius 3 is 2.43 bits per heavy atom. The van der Waals surface area contributed by atoms with Crippen molar-refractivity contribution in [2.24, 2.45) is 0 Å². The highest BCUT2D eigenvalue weighted by Gasteiger charge is 2.35. The van der Waals surface area contributed by atoms with Gasteiger partial charge in [-0.15, -0.1) is 0 Å². The highest BCUT2D eigenvalue weighted by Crippen LogP contribution is 2.36. The molecule has 0 radical (unpaired) electrons. The largest absolute Gasteiger partial charge is 0.496 e. The molecule has 0 unspecified atom stereocenters. The monoisotopic (exact) mass is 393 g/mol. The van der Waals surface area contributed by atoms with Crippen molar-refractivity contribution in [3.8, 4) is 5.75 Å². The van der Waals surface area contributed by atoms with Gasteiger partial charge in [-0.3, -0.25) is 14.5 Å². The van der Waals surface area contributed by atoms with Crippen LogP contribution in [0.3, 0.4) is 0 Å². The first-order valence-corrected chi connectivity index (χ1v) is 9.44. The van der Waals surface area contributed by atoms with E-state index >= 15 is 0 Å². The van der Waals surface area contributed by atoms with Crippen molar-refractivity contribution in [3.05, 3.63) is 82.5 Å². The van der Waals surface area contributed by atoms with E-state index in [-0.39, 0.29) is 23.5 Å². The first-order chi connectivity index (χ1) is 13.6. The Balaban J connectivity index is 1.66. The van der Waals surface area contributed by atoms with Crippen molar-refractivity contribution in [3.63, 3.8) is 0 Å². The fourth-order valence-corrected chi connectivity index (χ4v) is 3.98. The lowest BCUT2D eigenvalue weighted by molar-refractivity contribution is -0.123. The number of rotatable bonds is 4. The molecule has 6 heteroatoms. The zero-order chi connectivity index (χ0) is 19.7. The lowest BCUT2D eigenvalue weighted by atomic mass is 10.0. The minimum atomic E-state index is -0.357. The summed E-state index contributed by atoms with van der Waals surface area (Å²) in [4.78, 5) is 26.7. The minimum absolute atomic E-state index is 0.117. The smallest absolute Gasteiger partial charge is 0.293 e. The van der Waals surface area contributed by atoms with Crippen molar-refractivity contribution in [1.82, 2.24) is 4.90 Å². The number of carbonyl (C=O) groups is 2. The lowest BCUT2D eigenvalue weighted by Crippen LogP contribution is -2.27. The molecule has 1 aliphatic rings. The van der Waals surface area contributed by atoms with Crippen molar-refractivity contribution in [1.29, 1.82) is 0 Å². The number of carbonyl (C=O) groups excluding carboxylic acids is 2. The Hall–Kier alpha value is -3.12. The molecule has 2 amide bonds. The van der Waals surface area contributed by atoms with Gasteiger partial charge in [0.1, 0.15) is 11.6 Å². The zero-order valence-electron chi connectivity index (χ0n) is 15.0. The summed E-state index contributed by atoms with van der Waals surface area (Å²) in [6.07, 6.45) is 1.73. The van der Waals surface area contributed by atoms with Crippen LogP contribution in [0.1, 0.15) is 11.1 Å². The Labute approximate surface area is 165 Å². The van der Waals surface area contributed by atoms with E-state index < -0.39 is 0 Å². The van der Waals surface area contributed by atoms with E-state index in [1.54, 1.807) is 25.3 Å². The lowest BCUT2D eigenvalue weighted by Gasteiger charge is -2.12. The molecule has 4 rings (SSSR count). The maximum atomic E-state index is 13.1. The van der Waals surface area contributed by atoms with Crippen LogP contribution in [0.4, 0.5) is 9.18 Å². The standard InChI is InChI=1S/C22H16FNO3S/c1-27-19-11-8-15(17-4-2-3-5-18(17)19)12-20-21(25)24(22(26)28-20)13-14-6-9-16(23)10-7-14/h2-12H,13H2,1H3/b20-12-. The number of ether oxygens (including phenoxy) is 1. The quantitative estimate of drug-likeness (QED) is 0.570. The van der Waals surface area contributed by atoms with E-state index in [0.29, 0.717) is 10.5 Å². The van der Waals surface area contributed by atoms with Crippen LogP contribution in [0.25, 0.3) is 16.8 Å². The second-order valence-electron chi connectivity index (χ2n) is 6.30. The summed E-state index contributed by atoms with van der Waals surface area (Å²) in [7, 11) is 1.61. The van der Waals surface area contributed by atoms with Crippen molar-refractivity contribution < 1.29 is 18.7 Å². The van der Waals surface area contributed by atoms with Gasteiger partial charge in [0.2, 0.25) is 0 Å². The normalized spacial score (nSPS) is 15.6. The fraction of sp³-hybridized carbons (Fsp3) is 0.0909. The molecule has 1 fully saturated rings. The average Bonchev–Trinajstić information content (AvgIpc) is 2.97. The summed E-state index contributed by atoms with van der Waals surface area (Å²) >= 11 is 0.911. The SMILES string of the molecule is COc1ccc(/C=C2\SC(=O)N(Cc3ccc(F)cc3)C2=O)c2ccccc12. The van der Waals surface area contributed by atoms with Crippen LogP contribution < -0.4 is 4.74 Å². The zero-order valence-corrected chi connectivity index (χ0v) is 15.8. The predicted molar refractivity (Wildman–Crippen MR) is 108 cm³/mol. The number of imide groups is 1. The van der Waals surface area contributed by atoms with E-state index in [1.807, 2.05) is 36.4 Å². The van der Waals surface area contributed by atoms with Gasteiger partial charge in [0, 0.05) is 5.39 Å². The first-order valence-electron chi connectivity index (χ1n) is 8.62. The first kappa shape index (κ1) is 18.3. The van der Waals surface area contributed by atoms with E-state index in [2.05, 4.69) is 0 Å². The molecule has 4 nitrogen and oxygen atoms in total. The number of benzene rings is 3. The van der Waals surface area contributed by atoms with Gasteiger partial charge in [0.05, 0.1) is 18.6 Å². The number of thioether (sulfide) groups is 1. The van der Waals surface area contributed by atoms with E-state index in [0.717, 1.165) is 33.8 Å². The maximum Gasteiger partial charge on any atom is 0.293 e. The Kier molecular flexibility index (Phi) is 4.88. The number of amides is 2. The van der Waals surface area contributed by atoms with Gasteiger partial charge in [0.25, 0.3) is 11.1 Å². The molecule has 0 bridgehead atoms. The molecule has 0 aromatic heterocycles. The number of nitrogens with zero attached hydrogens (tertiary/aromatic N) is 1. The van der Waals surface area contributed by atoms with Crippen LogP contribution in [0.15, 0.2) is 65.6 Å². The van der Waals surface area contributed by atoms with Crippen molar-refractivity contribution in [2.75, 3.05) is 7.11 Å². The number of hydrogen-bond donors (Lipinski definition) is 0. The summed E-state index contributed by atoms with van der Waals surface area (Å²) < 4.78 is 18.5. The predicted octanol–water partition coefficient (Wildman–Crippen LogP) is 5.22. The molecule has 1 aliphatic heterocycles. The highest BCUT2D eigenvalue weighted by atomic mass is 32.2. The van der Waals surface area contributed by atoms with Crippen LogP contribution in [0, 0.1) is 5.82 Å². The topological polar surface area (TPSA) is 46.6 Å². The van der Waals surface area contributed by atoms with Gasteiger partial charge in [-0.05, 0) is 52.6 Å². The summed E-state index contributed by atoms with van der Waals surface area (Å²) in [6.45, 7) is 0.117. The highest BCUT2D eigenvalue weighted by molar-refractivity contribution is 8.18. The molecule has 0 spiro atoms. The molecule has 140 valence electrons. The van der Waals surface area contributed by atoms with Crippen molar-refractivity contribution >= 4 is 39.8 Å². The van der Waals surface area contributed by atoms with Crippen LogP contribution in [-0.4, -0.2) is 23.2 Å². The second kappa shape index (κ2) is 7.48. The third-order valence-electron chi connectivity index (χ3n) is 4.55.